The molecule has 0 fully saturated rings. The zero-order chi connectivity index (χ0) is 25.5. The maximum atomic E-state index is 13.7. The number of fused-ring (bicyclic) bond motifs is 1. The lowest BCUT2D eigenvalue weighted by Crippen LogP contribution is -2.35. The smallest absolute Gasteiger partial charge is 0.266 e. The Morgan fingerprint density at radius 2 is 1.54 bits per heavy atom. The van der Waals surface area contributed by atoms with Crippen molar-refractivity contribution in [2.45, 2.75) is 53.0 Å². The number of aryl methyl sites for hydroxylation is 2. The zero-order valence-electron chi connectivity index (χ0n) is 21.6. The third kappa shape index (κ3) is 4.76. The fraction of sp³-hybridized carbons (Fsp3) is 0.300. The van der Waals surface area contributed by atoms with E-state index in [1.54, 1.807) is 22.6 Å². The Morgan fingerprint density at radius 1 is 0.943 bits per heavy atom. The van der Waals surface area contributed by atoms with E-state index in [9.17, 15) is 9.59 Å². The molecule has 0 saturated heterocycles. The van der Waals surface area contributed by atoms with E-state index in [1.165, 1.54) is 5.56 Å². The number of carbonyl (C=O) groups excluding carboxylic acids is 1. The van der Waals surface area contributed by atoms with Crippen LogP contribution in [0.4, 0.5) is 0 Å². The van der Waals surface area contributed by atoms with Crippen LogP contribution in [-0.2, 0) is 5.41 Å². The van der Waals surface area contributed by atoms with Gasteiger partial charge in [0.25, 0.3) is 11.5 Å². The number of para-hydroxylation sites is 1. The van der Waals surface area contributed by atoms with Crippen molar-refractivity contribution in [2.24, 2.45) is 0 Å². The highest BCUT2D eigenvalue weighted by Crippen LogP contribution is 2.26. The average molecular weight is 468 g/mol. The van der Waals surface area contributed by atoms with E-state index in [-0.39, 0.29) is 16.9 Å². The molecule has 0 saturated carbocycles. The highest BCUT2D eigenvalue weighted by molar-refractivity contribution is 5.94. The summed E-state index contributed by atoms with van der Waals surface area (Å²) in [5.41, 5.74) is 5.14. The molecule has 5 heteroatoms. The monoisotopic (exact) mass is 467 g/mol. The van der Waals surface area contributed by atoms with Crippen molar-refractivity contribution in [2.75, 3.05) is 7.05 Å². The van der Waals surface area contributed by atoms with Crippen molar-refractivity contribution in [3.05, 3.63) is 105 Å². The maximum absolute atomic E-state index is 13.7. The van der Waals surface area contributed by atoms with Crippen LogP contribution in [0, 0.1) is 13.8 Å². The quantitative estimate of drug-likeness (QED) is 0.363. The van der Waals surface area contributed by atoms with Gasteiger partial charge in [0.2, 0.25) is 0 Å². The van der Waals surface area contributed by atoms with E-state index in [2.05, 4.69) is 26.8 Å². The minimum Gasteiger partial charge on any atom is -0.332 e. The van der Waals surface area contributed by atoms with E-state index in [4.69, 9.17) is 4.98 Å². The molecule has 35 heavy (non-hydrogen) atoms. The second-order valence-electron chi connectivity index (χ2n) is 10.4. The van der Waals surface area contributed by atoms with Gasteiger partial charge in [0, 0.05) is 12.6 Å². The predicted molar refractivity (Wildman–Crippen MR) is 142 cm³/mol. The second-order valence-corrected chi connectivity index (χ2v) is 10.4. The summed E-state index contributed by atoms with van der Waals surface area (Å²) in [7, 11) is 1.76. The molecule has 0 bridgehead atoms. The predicted octanol–water partition coefficient (Wildman–Crippen LogP) is 6.13. The molecule has 180 valence electrons. The Labute approximate surface area is 207 Å². The molecule has 1 aromatic heterocycles. The lowest BCUT2D eigenvalue weighted by atomic mass is 9.86. The summed E-state index contributed by atoms with van der Waals surface area (Å²) in [5.74, 6) is 0.410. The molecule has 0 aliphatic heterocycles. The zero-order valence-corrected chi connectivity index (χ0v) is 21.6. The standard InChI is InChI=1S/C30H33N3O2/c1-19-16-20(2)18-24(17-19)33-27(31-26-11-9-8-10-25(26)29(33)35)21(3)32(7)28(34)22-12-14-23(15-13-22)30(4,5)6/h8-18,21H,1-7H3. The lowest BCUT2D eigenvalue weighted by molar-refractivity contribution is 0.0735. The minimum absolute atomic E-state index is 0.0117. The number of hydrogen-bond acceptors (Lipinski definition) is 3. The number of aromatic nitrogens is 2. The highest BCUT2D eigenvalue weighted by atomic mass is 16.2. The molecule has 1 unspecified atom stereocenters. The van der Waals surface area contributed by atoms with Crippen LogP contribution in [0.1, 0.15) is 66.6 Å². The summed E-state index contributed by atoms with van der Waals surface area (Å²) < 4.78 is 1.65. The first kappa shape index (κ1) is 24.4. The Kier molecular flexibility index (Phi) is 6.37. The average Bonchev–Trinajstić information content (AvgIpc) is 2.81. The van der Waals surface area contributed by atoms with Gasteiger partial charge >= 0.3 is 0 Å². The largest absolute Gasteiger partial charge is 0.332 e. The van der Waals surface area contributed by atoms with Crippen LogP contribution in [-0.4, -0.2) is 27.4 Å². The molecule has 0 aliphatic rings. The van der Waals surface area contributed by atoms with Gasteiger partial charge in [-0.3, -0.25) is 14.2 Å². The summed E-state index contributed by atoms with van der Waals surface area (Å²) >= 11 is 0. The van der Waals surface area contributed by atoms with Gasteiger partial charge in [-0.1, -0.05) is 51.1 Å². The van der Waals surface area contributed by atoms with Crippen LogP contribution in [0.5, 0.6) is 0 Å². The fourth-order valence-corrected chi connectivity index (χ4v) is 4.42. The van der Waals surface area contributed by atoms with E-state index >= 15 is 0 Å². The van der Waals surface area contributed by atoms with Gasteiger partial charge in [-0.05, 0) is 79.3 Å². The van der Waals surface area contributed by atoms with E-state index in [0.29, 0.717) is 22.3 Å². The molecule has 5 nitrogen and oxygen atoms in total. The van der Waals surface area contributed by atoms with Crippen molar-refractivity contribution >= 4 is 16.8 Å². The maximum Gasteiger partial charge on any atom is 0.266 e. The number of amides is 1. The third-order valence-corrected chi connectivity index (χ3v) is 6.54. The number of carbonyl (C=O) groups is 1. The van der Waals surface area contributed by atoms with Crippen LogP contribution in [0.15, 0.2) is 71.5 Å². The summed E-state index contributed by atoms with van der Waals surface area (Å²) in [4.78, 5) is 33.7. The SMILES string of the molecule is Cc1cc(C)cc(-n2c(C(C)N(C)C(=O)c3ccc(C(C)(C)C)cc3)nc3ccccc3c2=O)c1. The Bertz CT molecular complexity index is 1440. The molecule has 0 spiro atoms. The minimum atomic E-state index is -0.442. The van der Waals surface area contributed by atoms with Crippen LogP contribution in [0.25, 0.3) is 16.6 Å². The van der Waals surface area contributed by atoms with Crippen LogP contribution in [0.2, 0.25) is 0 Å². The Hall–Kier alpha value is -3.73. The first-order valence-electron chi connectivity index (χ1n) is 12.0. The second kappa shape index (κ2) is 9.14. The Balaban J connectivity index is 1.82. The Morgan fingerprint density at radius 3 is 2.14 bits per heavy atom. The molecular formula is C30H33N3O2. The fourth-order valence-electron chi connectivity index (χ4n) is 4.42. The van der Waals surface area contributed by atoms with Gasteiger partial charge in [0.1, 0.15) is 5.82 Å². The van der Waals surface area contributed by atoms with Crippen LogP contribution in [0.3, 0.4) is 0 Å². The van der Waals surface area contributed by atoms with Crippen molar-refractivity contribution < 1.29 is 4.79 Å². The van der Waals surface area contributed by atoms with Gasteiger partial charge in [-0.25, -0.2) is 4.98 Å². The molecule has 0 aliphatic carbocycles. The summed E-state index contributed by atoms with van der Waals surface area (Å²) in [6.07, 6.45) is 0. The molecule has 0 N–H and O–H groups in total. The molecular weight excluding hydrogens is 434 g/mol. The van der Waals surface area contributed by atoms with E-state index < -0.39 is 6.04 Å². The first-order valence-corrected chi connectivity index (χ1v) is 12.0. The first-order chi connectivity index (χ1) is 16.5. The highest BCUT2D eigenvalue weighted by Gasteiger charge is 2.25. The lowest BCUT2D eigenvalue weighted by Gasteiger charge is -2.27. The van der Waals surface area contributed by atoms with Gasteiger partial charge in [-0.15, -0.1) is 0 Å². The molecule has 1 heterocycles. The van der Waals surface area contributed by atoms with Gasteiger partial charge in [0.05, 0.1) is 22.6 Å². The normalized spacial score (nSPS) is 12.5. The van der Waals surface area contributed by atoms with Crippen LogP contribution < -0.4 is 5.56 Å². The summed E-state index contributed by atoms with van der Waals surface area (Å²) in [6, 6.07) is 20.7. The summed E-state index contributed by atoms with van der Waals surface area (Å²) in [5, 5.41) is 0.550. The molecule has 1 atom stereocenters. The van der Waals surface area contributed by atoms with Crippen molar-refractivity contribution in [1.29, 1.82) is 0 Å². The number of hydrogen-bond donors (Lipinski definition) is 0. The topological polar surface area (TPSA) is 55.2 Å². The van der Waals surface area contributed by atoms with Crippen LogP contribution >= 0.6 is 0 Å². The molecule has 1 amide bonds. The van der Waals surface area contributed by atoms with Crippen molar-refractivity contribution in [1.82, 2.24) is 14.5 Å². The summed E-state index contributed by atoms with van der Waals surface area (Å²) in [6.45, 7) is 12.4. The number of rotatable bonds is 4. The van der Waals surface area contributed by atoms with Gasteiger partial charge in [0.15, 0.2) is 0 Å². The van der Waals surface area contributed by atoms with E-state index in [1.807, 2.05) is 75.4 Å². The van der Waals surface area contributed by atoms with E-state index in [0.717, 1.165) is 16.8 Å². The molecule has 3 aromatic carbocycles. The molecule has 4 aromatic rings. The van der Waals surface area contributed by atoms with Gasteiger partial charge in [-0.2, -0.15) is 0 Å². The van der Waals surface area contributed by atoms with Crippen molar-refractivity contribution in [3.63, 3.8) is 0 Å². The van der Waals surface area contributed by atoms with Gasteiger partial charge < -0.3 is 4.90 Å². The molecule has 4 rings (SSSR count). The number of nitrogens with zero attached hydrogens (tertiary/aromatic N) is 3. The third-order valence-electron chi connectivity index (χ3n) is 6.54. The number of benzene rings is 3. The molecule has 0 radical (unpaired) electrons. The van der Waals surface area contributed by atoms with Crippen molar-refractivity contribution in [3.8, 4) is 5.69 Å².